The predicted molar refractivity (Wildman–Crippen MR) is 138 cm³/mol. The van der Waals surface area contributed by atoms with Gasteiger partial charge in [-0.15, -0.1) is 0 Å². The molecular formula is C25H30Cl3N3O4. The molecular weight excluding hydrogens is 513 g/mol. The highest BCUT2D eigenvalue weighted by atomic mass is 35.5. The van der Waals surface area contributed by atoms with Gasteiger partial charge in [-0.25, -0.2) is 4.98 Å². The van der Waals surface area contributed by atoms with Gasteiger partial charge in [0.2, 0.25) is 0 Å². The number of nitrogens with zero attached hydrogens (tertiary/aromatic N) is 3. The number of hydrogen-bond acceptors (Lipinski definition) is 6. The van der Waals surface area contributed by atoms with Crippen LogP contribution in [0.25, 0.3) is 0 Å². The first-order valence-corrected chi connectivity index (χ1v) is 13.0. The predicted octanol–water partition coefficient (Wildman–Crippen LogP) is 5.57. The van der Waals surface area contributed by atoms with E-state index in [9.17, 15) is 4.79 Å². The smallest absolute Gasteiger partial charge is 0.304 e. The zero-order valence-corrected chi connectivity index (χ0v) is 21.9. The zero-order valence-electron chi connectivity index (χ0n) is 19.6. The average Bonchev–Trinajstić information content (AvgIpc) is 2.84. The molecule has 0 saturated carbocycles. The van der Waals surface area contributed by atoms with Gasteiger partial charge in [0.15, 0.2) is 0 Å². The molecule has 2 aliphatic rings. The summed E-state index contributed by atoms with van der Waals surface area (Å²) in [5, 5.41) is 10.5. The van der Waals surface area contributed by atoms with Crippen LogP contribution >= 0.6 is 34.8 Å². The number of aromatic nitrogens is 1. The molecule has 4 rings (SSSR count). The summed E-state index contributed by atoms with van der Waals surface area (Å²) in [7, 11) is 0. The molecule has 7 nitrogen and oxygen atoms in total. The topological polar surface area (TPSA) is 75.1 Å². The van der Waals surface area contributed by atoms with E-state index in [-0.39, 0.29) is 18.6 Å². The van der Waals surface area contributed by atoms with Crippen LogP contribution in [0.3, 0.4) is 0 Å². The number of benzene rings is 1. The van der Waals surface area contributed by atoms with E-state index < -0.39 is 5.97 Å². The second kappa shape index (κ2) is 12.0. The fourth-order valence-corrected chi connectivity index (χ4v) is 5.44. The van der Waals surface area contributed by atoms with Gasteiger partial charge < -0.3 is 19.5 Å². The van der Waals surface area contributed by atoms with Gasteiger partial charge in [0.05, 0.1) is 25.3 Å². The number of aliphatic carboxylic acids is 1. The van der Waals surface area contributed by atoms with Crippen LogP contribution in [-0.4, -0.2) is 66.4 Å². The van der Waals surface area contributed by atoms with Gasteiger partial charge in [-0.3, -0.25) is 9.69 Å². The minimum atomic E-state index is -0.758. The summed E-state index contributed by atoms with van der Waals surface area (Å²) in [5.74, 6) is 1.06. The quantitative estimate of drug-likeness (QED) is 0.467. The standard InChI is InChI=1S/C25H30Cl3N3O4/c1-16(19-3-2-18(26)12-20(19)27)35-22-13-24(29-14-21(22)28)31-8-4-17(5-9-31)23-15-30(10-11-34-23)7-6-25(32)33/h2-3,12-14,16-17,23H,4-11,15H2,1H3,(H,32,33)/t16-,23?/m1/s1. The van der Waals surface area contributed by atoms with Crippen LogP contribution in [0.15, 0.2) is 30.5 Å². The lowest BCUT2D eigenvalue weighted by molar-refractivity contribution is -0.138. The van der Waals surface area contributed by atoms with Crippen molar-refractivity contribution in [1.29, 1.82) is 0 Å². The number of ether oxygens (including phenoxy) is 2. The molecule has 0 radical (unpaired) electrons. The lowest BCUT2D eigenvalue weighted by Gasteiger charge is -2.41. The number of halogens is 3. The summed E-state index contributed by atoms with van der Waals surface area (Å²) in [6.45, 7) is 6.44. The van der Waals surface area contributed by atoms with Gasteiger partial charge in [-0.1, -0.05) is 40.9 Å². The van der Waals surface area contributed by atoms with E-state index in [0.717, 1.165) is 50.4 Å². The van der Waals surface area contributed by atoms with E-state index in [4.69, 9.17) is 49.4 Å². The maximum Gasteiger partial charge on any atom is 0.304 e. The number of carboxylic acids is 1. The Labute approximate surface area is 220 Å². The van der Waals surface area contributed by atoms with Crippen molar-refractivity contribution in [3.8, 4) is 5.75 Å². The maximum absolute atomic E-state index is 10.9. The average molecular weight is 543 g/mol. The van der Waals surface area contributed by atoms with Crippen molar-refractivity contribution < 1.29 is 19.4 Å². The molecule has 10 heteroatoms. The summed E-state index contributed by atoms with van der Waals surface area (Å²) >= 11 is 18.8. The number of pyridine rings is 1. The summed E-state index contributed by atoms with van der Waals surface area (Å²) in [5.41, 5.74) is 0.830. The van der Waals surface area contributed by atoms with Gasteiger partial charge in [0.25, 0.3) is 0 Å². The van der Waals surface area contributed by atoms with Crippen molar-refractivity contribution >= 4 is 46.6 Å². The van der Waals surface area contributed by atoms with Crippen LogP contribution in [0.1, 0.15) is 37.9 Å². The molecule has 3 heterocycles. The molecule has 1 N–H and O–H groups in total. The van der Waals surface area contributed by atoms with Crippen LogP contribution in [0, 0.1) is 5.92 Å². The molecule has 1 aromatic heterocycles. The van der Waals surface area contributed by atoms with Crippen LogP contribution in [-0.2, 0) is 9.53 Å². The lowest BCUT2D eigenvalue weighted by atomic mass is 9.90. The van der Waals surface area contributed by atoms with Crippen LogP contribution in [0.2, 0.25) is 15.1 Å². The van der Waals surface area contributed by atoms with Crippen molar-refractivity contribution in [2.45, 2.75) is 38.4 Å². The molecule has 0 spiro atoms. The largest absolute Gasteiger partial charge is 0.484 e. The molecule has 2 atom stereocenters. The van der Waals surface area contributed by atoms with Gasteiger partial charge in [-0.2, -0.15) is 0 Å². The molecule has 0 bridgehead atoms. The molecule has 1 unspecified atom stereocenters. The molecule has 0 aliphatic carbocycles. The Hall–Kier alpha value is -1.77. The summed E-state index contributed by atoms with van der Waals surface area (Å²) < 4.78 is 12.2. The fourth-order valence-electron chi connectivity index (χ4n) is 4.73. The molecule has 2 fully saturated rings. The third-order valence-electron chi connectivity index (χ3n) is 6.72. The number of hydrogen-bond donors (Lipinski definition) is 1. The van der Waals surface area contributed by atoms with Crippen molar-refractivity contribution in [1.82, 2.24) is 9.88 Å². The normalized spacial score (nSPS) is 20.6. The highest BCUT2D eigenvalue weighted by Crippen LogP contribution is 2.35. The Morgan fingerprint density at radius 1 is 1.20 bits per heavy atom. The van der Waals surface area contributed by atoms with E-state index in [2.05, 4.69) is 14.8 Å². The maximum atomic E-state index is 10.9. The van der Waals surface area contributed by atoms with Gasteiger partial charge in [0.1, 0.15) is 22.7 Å². The van der Waals surface area contributed by atoms with Crippen LogP contribution in [0.4, 0.5) is 5.82 Å². The van der Waals surface area contributed by atoms with Gasteiger partial charge in [-0.05, 0) is 37.8 Å². The first kappa shape index (κ1) is 26.3. The van der Waals surface area contributed by atoms with E-state index in [1.807, 2.05) is 19.1 Å². The van der Waals surface area contributed by atoms with Crippen molar-refractivity contribution in [2.75, 3.05) is 44.2 Å². The van der Waals surface area contributed by atoms with E-state index >= 15 is 0 Å². The Balaban J connectivity index is 1.35. The monoisotopic (exact) mass is 541 g/mol. The Bertz CT molecular complexity index is 1030. The Morgan fingerprint density at radius 2 is 1.97 bits per heavy atom. The van der Waals surface area contributed by atoms with E-state index in [0.29, 0.717) is 39.9 Å². The molecule has 2 saturated heterocycles. The summed E-state index contributed by atoms with van der Waals surface area (Å²) in [6, 6.07) is 7.22. The van der Waals surface area contributed by atoms with Crippen LogP contribution < -0.4 is 9.64 Å². The Morgan fingerprint density at radius 3 is 2.69 bits per heavy atom. The first-order valence-electron chi connectivity index (χ1n) is 11.9. The number of carboxylic acid groups (broad SMARTS) is 1. The second-order valence-electron chi connectivity index (χ2n) is 9.08. The third-order valence-corrected chi connectivity index (χ3v) is 7.57. The Kier molecular flexibility index (Phi) is 9.00. The molecule has 1 aromatic carbocycles. The van der Waals surface area contributed by atoms with Gasteiger partial charge >= 0.3 is 5.97 Å². The lowest BCUT2D eigenvalue weighted by Crippen LogP contribution is -2.49. The highest BCUT2D eigenvalue weighted by molar-refractivity contribution is 6.35. The zero-order chi connectivity index (χ0) is 24.9. The van der Waals surface area contributed by atoms with E-state index in [1.54, 1.807) is 18.3 Å². The summed E-state index contributed by atoms with van der Waals surface area (Å²) in [4.78, 5) is 19.9. The number of carbonyl (C=O) groups is 1. The molecule has 2 aliphatic heterocycles. The minimum absolute atomic E-state index is 0.141. The number of morpholine rings is 1. The SMILES string of the molecule is C[C@@H](Oc1cc(N2CCC(C3CN(CCC(=O)O)CCO3)CC2)ncc1Cl)c1ccc(Cl)cc1Cl. The van der Waals surface area contributed by atoms with Gasteiger partial charge in [0, 0.05) is 54.4 Å². The molecule has 0 amide bonds. The number of anilines is 1. The van der Waals surface area contributed by atoms with Crippen LogP contribution in [0.5, 0.6) is 5.75 Å². The summed E-state index contributed by atoms with van der Waals surface area (Å²) in [6.07, 6.45) is 3.58. The number of piperidine rings is 1. The third kappa shape index (κ3) is 6.92. The molecule has 35 heavy (non-hydrogen) atoms. The number of rotatable bonds is 8. The first-order chi connectivity index (χ1) is 16.8. The van der Waals surface area contributed by atoms with Crippen molar-refractivity contribution in [3.63, 3.8) is 0 Å². The minimum Gasteiger partial charge on any atom is -0.484 e. The highest BCUT2D eigenvalue weighted by Gasteiger charge is 2.31. The van der Waals surface area contributed by atoms with Crippen molar-refractivity contribution in [3.05, 3.63) is 51.1 Å². The van der Waals surface area contributed by atoms with E-state index in [1.165, 1.54) is 0 Å². The molecule has 190 valence electrons. The molecule has 2 aromatic rings. The second-order valence-corrected chi connectivity index (χ2v) is 10.3. The van der Waals surface area contributed by atoms with Crippen molar-refractivity contribution in [2.24, 2.45) is 5.92 Å². The fraction of sp³-hybridized carbons (Fsp3) is 0.520.